The third kappa shape index (κ3) is 4.19. The number of nitrogens with one attached hydrogen (secondary N) is 1. The van der Waals surface area contributed by atoms with Crippen LogP contribution in [0.2, 0.25) is 0 Å². The van der Waals surface area contributed by atoms with Crippen LogP contribution < -0.4 is 5.32 Å². The summed E-state index contributed by atoms with van der Waals surface area (Å²) in [5, 5.41) is 11.3. The molecule has 7 heteroatoms. The Morgan fingerprint density at radius 1 is 1.30 bits per heavy atom. The summed E-state index contributed by atoms with van der Waals surface area (Å²) in [6, 6.07) is 1.21. The van der Waals surface area contributed by atoms with Crippen LogP contribution in [-0.2, 0) is 6.18 Å². The molecule has 0 radical (unpaired) electrons. The molecule has 1 aromatic carbocycles. The van der Waals surface area contributed by atoms with E-state index in [2.05, 4.69) is 5.32 Å². The standard InChI is InChI=1S/C13H15F4NO2/c1-7(6-19)8(2)18-12(20)9-3-10(13(15,16)17)5-11(14)4-9/h3-5,7-8,19H,6H2,1-2H3,(H,18,20)/t7-,8+/m1/s1. The fraction of sp³-hybridized carbons (Fsp3) is 0.462. The largest absolute Gasteiger partial charge is 0.416 e. The summed E-state index contributed by atoms with van der Waals surface area (Å²) in [5.74, 6) is -2.22. The molecule has 0 fully saturated rings. The fourth-order valence-corrected chi connectivity index (χ4v) is 1.47. The van der Waals surface area contributed by atoms with Crippen molar-refractivity contribution in [2.24, 2.45) is 5.92 Å². The van der Waals surface area contributed by atoms with E-state index in [0.717, 1.165) is 6.07 Å². The highest BCUT2D eigenvalue weighted by Crippen LogP contribution is 2.30. The molecule has 0 aliphatic rings. The number of amides is 1. The minimum Gasteiger partial charge on any atom is -0.396 e. The summed E-state index contributed by atoms with van der Waals surface area (Å²) in [6.45, 7) is 3.08. The topological polar surface area (TPSA) is 49.3 Å². The van der Waals surface area contributed by atoms with E-state index in [-0.39, 0.29) is 12.5 Å². The van der Waals surface area contributed by atoms with Gasteiger partial charge >= 0.3 is 6.18 Å². The maximum atomic E-state index is 13.2. The van der Waals surface area contributed by atoms with Crippen molar-refractivity contribution >= 4 is 5.91 Å². The van der Waals surface area contributed by atoms with Gasteiger partial charge in [0, 0.05) is 18.2 Å². The average Bonchev–Trinajstić information content (AvgIpc) is 2.35. The molecular weight excluding hydrogens is 278 g/mol. The molecule has 0 unspecified atom stereocenters. The highest BCUT2D eigenvalue weighted by atomic mass is 19.4. The molecule has 0 bridgehead atoms. The monoisotopic (exact) mass is 293 g/mol. The lowest BCUT2D eigenvalue weighted by atomic mass is 10.0. The Balaban J connectivity index is 2.97. The van der Waals surface area contributed by atoms with Gasteiger partial charge in [0.25, 0.3) is 5.91 Å². The molecule has 20 heavy (non-hydrogen) atoms. The highest BCUT2D eigenvalue weighted by Gasteiger charge is 2.32. The fourth-order valence-electron chi connectivity index (χ4n) is 1.47. The number of aliphatic hydroxyl groups is 1. The lowest BCUT2D eigenvalue weighted by Gasteiger charge is -2.19. The molecule has 2 N–H and O–H groups in total. The number of halogens is 4. The average molecular weight is 293 g/mol. The van der Waals surface area contributed by atoms with Crippen molar-refractivity contribution in [1.29, 1.82) is 0 Å². The summed E-state index contributed by atoms with van der Waals surface area (Å²) >= 11 is 0. The van der Waals surface area contributed by atoms with Crippen LogP contribution in [0, 0.1) is 11.7 Å². The van der Waals surface area contributed by atoms with Gasteiger partial charge < -0.3 is 10.4 Å². The second kappa shape index (κ2) is 6.21. The number of carbonyl (C=O) groups is 1. The molecule has 0 aromatic heterocycles. The second-order valence-electron chi connectivity index (χ2n) is 4.65. The molecule has 0 saturated heterocycles. The van der Waals surface area contributed by atoms with Gasteiger partial charge in [0.05, 0.1) is 5.56 Å². The molecule has 0 aliphatic carbocycles. The Bertz CT molecular complexity index is 488. The highest BCUT2D eigenvalue weighted by molar-refractivity contribution is 5.94. The lowest BCUT2D eigenvalue weighted by molar-refractivity contribution is -0.137. The van der Waals surface area contributed by atoms with E-state index >= 15 is 0 Å². The molecule has 1 amide bonds. The van der Waals surface area contributed by atoms with Crippen LogP contribution in [-0.4, -0.2) is 23.7 Å². The molecule has 3 nitrogen and oxygen atoms in total. The Labute approximate surface area is 113 Å². The van der Waals surface area contributed by atoms with E-state index in [1.54, 1.807) is 13.8 Å². The Kier molecular flexibility index (Phi) is 5.10. The van der Waals surface area contributed by atoms with Gasteiger partial charge in [-0.1, -0.05) is 6.92 Å². The van der Waals surface area contributed by atoms with Crippen LogP contribution in [0.1, 0.15) is 29.8 Å². The van der Waals surface area contributed by atoms with Crippen LogP contribution in [0.4, 0.5) is 17.6 Å². The minimum atomic E-state index is -4.72. The molecule has 0 aliphatic heterocycles. The maximum Gasteiger partial charge on any atom is 0.416 e. The van der Waals surface area contributed by atoms with Crippen LogP contribution in [0.5, 0.6) is 0 Å². The van der Waals surface area contributed by atoms with E-state index < -0.39 is 35.1 Å². The SMILES string of the molecule is C[C@H](CO)[C@H](C)NC(=O)c1cc(F)cc(C(F)(F)F)c1. The predicted octanol–water partition coefficient (Wildman–Crippen LogP) is 2.59. The third-order valence-electron chi connectivity index (χ3n) is 2.99. The quantitative estimate of drug-likeness (QED) is 0.838. The molecule has 112 valence electrons. The van der Waals surface area contributed by atoms with E-state index in [1.165, 1.54) is 0 Å². The zero-order valence-electron chi connectivity index (χ0n) is 11.0. The number of hydrogen-bond donors (Lipinski definition) is 2. The summed E-state index contributed by atoms with van der Waals surface area (Å²) in [4.78, 5) is 11.8. The summed E-state index contributed by atoms with van der Waals surface area (Å²) in [7, 11) is 0. The van der Waals surface area contributed by atoms with Gasteiger partial charge in [-0.05, 0) is 31.0 Å². The zero-order valence-corrected chi connectivity index (χ0v) is 11.0. The van der Waals surface area contributed by atoms with Crippen LogP contribution in [0.25, 0.3) is 0 Å². The first-order chi connectivity index (χ1) is 9.15. The zero-order chi connectivity index (χ0) is 15.5. The number of aliphatic hydroxyl groups excluding tert-OH is 1. The lowest BCUT2D eigenvalue weighted by Crippen LogP contribution is -2.38. The van der Waals surface area contributed by atoms with Crippen molar-refractivity contribution in [2.75, 3.05) is 6.61 Å². The van der Waals surface area contributed by atoms with Crippen molar-refractivity contribution in [1.82, 2.24) is 5.32 Å². The van der Waals surface area contributed by atoms with Gasteiger partial charge in [-0.25, -0.2) is 4.39 Å². The number of rotatable bonds is 4. The number of benzene rings is 1. The van der Waals surface area contributed by atoms with E-state index in [9.17, 15) is 22.4 Å². The van der Waals surface area contributed by atoms with Crippen LogP contribution >= 0.6 is 0 Å². The molecule has 1 rings (SSSR count). The van der Waals surface area contributed by atoms with Gasteiger partial charge in [0.1, 0.15) is 5.82 Å². The number of carbonyl (C=O) groups excluding carboxylic acids is 1. The van der Waals surface area contributed by atoms with Gasteiger partial charge in [-0.2, -0.15) is 13.2 Å². The molecular formula is C13H15F4NO2. The maximum absolute atomic E-state index is 13.2. The predicted molar refractivity (Wildman–Crippen MR) is 64.6 cm³/mol. The number of alkyl halides is 3. The van der Waals surface area contributed by atoms with Crippen molar-refractivity contribution in [3.05, 3.63) is 35.1 Å². The molecule has 2 atom stereocenters. The number of hydrogen-bond acceptors (Lipinski definition) is 2. The third-order valence-corrected chi connectivity index (χ3v) is 2.99. The Morgan fingerprint density at radius 2 is 1.90 bits per heavy atom. The molecule has 0 heterocycles. The van der Waals surface area contributed by atoms with Gasteiger partial charge in [0.2, 0.25) is 0 Å². The van der Waals surface area contributed by atoms with E-state index in [0.29, 0.717) is 12.1 Å². The van der Waals surface area contributed by atoms with Crippen LogP contribution in [0.15, 0.2) is 18.2 Å². The molecule has 0 spiro atoms. The first-order valence-corrected chi connectivity index (χ1v) is 5.94. The van der Waals surface area contributed by atoms with Crippen LogP contribution in [0.3, 0.4) is 0 Å². The first kappa shape index (κ1) is 16.4. The van der Waals surface area contributed by atoms with Crippen molar-refractivity contribution in [3.63, 3.8) is 0 Å². The van der Waals surface area contributed by atoms with Gasteiger partial charge in [-0.15, -0.1) is 0 Å². The smallest absolute Gasteiger partial charge is 0.396 e. The van der Waals surface area contributed by atoms with Crippen molar-refractivity contribution in [3.8, 4) is 0 Å². The first-order valence-electron chi connectivity index (χ1n) is 5.94. The Morgan fingerprint density at radius 3 is 2.40 bits per heavy atom. The molecule has 1 aromatic rings. The Hall–Kier alpha value is -1.63. The van der Waals surface area contributed by atoms with E-state index in [4.69, 9.17) is 5.11 Å². The summed E-state index contributed by atoms with van der Waals surface area (Å²) in [6.07, 6.45) is -4.72. The van der Waals surface area contributed by atoms with Crippen molar-refractivity contribution < 1.29 is 27.5 Å². The minimum absolute atomic E-state index is 0.182. The summed E-state index contributed by atoms with van der Waals surface area (Å²) in [5.41, 5.74) is -1.63. The molecule has 0 saturated carbocycles. The van der Waals surface area contributed by atoms with Crippen molar-refractivity contribution in [2.45, 2.75) is 26.1 Å². The van der Waals surface area contributed by atoms with E-state index in [1.807, 2.05) is 0 Å². The second-order valence-corrected chi connectivity index (χ2v) is 4.65. The van der Waals surface area contributed by atoms with Gasteiger partial charge in [0.15, 0.2) is 0 Å². The summed E-state index contributed by atoms with van der Waals surface area (Å²) < 4.78 is 50.7. The van der Waals surface area contributed by atoms with Gasteiger partial charge in [-0.3, -0.25) is 4.79 Å². The normalized spacial score (nSPS) is 14.8.